The maximum absolute atomic E-state index is 14.5. The van der Waals surface area contributed by atoms with Crippen LogP contribution in [0.5, 0.6) is 0 Å². The molecule has 14 N–H and O–H groups in total. The van der Waals surface area contributed by atoms with Gasteiger partial charge in [-0.25, -0.2) is 0 Å². The molecule has 500 valence electrons. The number of benzene rings is 3. The van der Waals surface area contributed by atoms with E-state index >= 15 is 0 Å². The highest BCUT2D eigenvalue weighted by Gasteiger charge is 2.35. The van der Waals surface area contributed by atoms with Crippen molar-refractivity contribution in [2.24, 2.45) is 0 Å². The van der Waals surface area contributed by atoms with Crippen molar-refractivity contribution in [3.8, 4) is 23.7 Å². The molecule has 0 aliphatic rings. The Kier molecular flexibility index (Phi) is 44.0. The quantitative estimate of drug-likeness (QED) is 0.0203. The predicted molar refractivity (Wildman–Crippen MR) is 371 cm³/mol. The Labute approximate surface area is 546 Å². The first-order valence-corrected chi connectivity index (χ1v) is 36.1. The molecular weight excluding hydrogens is 1120 g/mol. The minimum atomic E-state index is -1.01. The fourth-order valence-corrected chi connectivity index (χ4v) is 11.9. The molecule has 0 atom stereocenters. The molecule has 0 radical (unpaired) electrons. The summed E-state index contributed by atoms with van der Waals surface area (Å²) in [5, 5.41) is 16.0. The van der Waals surface area contributed by atoms with Gasteiger partial charge in [-0.3, -0.25) is 24.0 Å². The topological polar surface area (TPSA) is 228 Å². The van der Waals surface area contributed by atoms with E-state index in [2.05, 4.69) is 88.2 Å². The van der Waals surface area contributed by atoms with Gasteiger partial charge in [0.2, 0.25) is 17.7 Å². The fraction of sp³-hybridized carbons (Fsp3) is 0.649. The lowest BCUT2D eigenvalue weighted by molar-refractivity contribution is -0.387. The Morgan fingerprint density at radius 2 is 0.522 bits per heavy atom. The molecule has 3 rings (SSSR count). The molecule has 0 aliphatic carbocycles. The van der Waals surface area contributed by atoms with Crippen LogP contribution in [0.4, 0.5) is 0 Å². The third kappa shape index (κ3) is 36.8. The number of nitrogens with one attached hydrogen (secondary N) is 5. The first kappa shape index (κ1) is 78.3. The van der Waals surface area contributed by atoms with Crippen molar-refractivity contribution >= 4 is 29.5 Å². The van der Waals surface area contributed by atoms with Gasteiger partial charge in [-0.05, 0) is 111 Å². The second kappa shape index (κ2) is 50.6. The van der Waals surface area contributed by atoms with Gasteiger partial charge in [0.25, 0.3) is 11.8 Å². The molecule has 0 bridgehead atoms. The summed E-state index contributed by atoms with van der Waals surface area (Å²) in [5.74, 6) is 12.2. The zero-order chi connectivity index (χ0) is 65.0. The zero-order valence-electron chi connectivity index (χ0n) is 56.9. The van der Waals surface area contributed by atoms with Gasteiger partial charge >= 0.3 is 0 Å². The largest absolute Gasteiger partial charge is 0.357 e. The van der Waals surface area contributed by atoms with E-state index in [0.717, 1.165) is 119 Å². The summed E-state index contributed by atoms with van der Waals surface area (Å²) in [6, 6.07) is 22.2. The van der Waals surface area contributed by atoms with E-state index in [4.69, 9.17) is 0 Å². The number of hydrogen-bond donors (Lipinski definition) is 8. The van der Waals surface area contributed by atoms with Crippen molar-refractivity contribution in [3.05, 3.63) is 106 Å². The van der Waals surface area contributed by atoms with Gasteiger partial charge < -0.3 is 43.8 Å². The number of unbranched alkanes of at least 4 members (excludes halogenated alkanes) is 27. The number of rotatable bonds is 52. The third-order valence-electron chi connectivity index (χ3n) is 17.7. The molecule has 0 saturated carbocycles. The van der Waals surface area contributed by atoms with Crippen LogP contribution in [-0.4, -0.2) is 79.9 Å². The average molecular weight is 1240 g/mol. The van der Waals surface area contributed by atoms with E-state index in [1.54, 1.807) is 12.1 Å². The molecule has 3 aromatic rings. The lowest BCUT2D eigenvalue weighted by Crippen LogP contribution is -2.64. The van der Waals surface area contributed by atoms with Gasteiger partial charge in [0.05, 0.1) is 25.2 Å². The molecule has 0 unspecified atom stereocenters. The first-order chi connectivity index (χ1) is 43.9. The molecule has 0 heterocycles. The standard InChI is InChI=1S/C77H122N8O5/c1-4-7-10-13-16-19-22-25-28-31-62-81-71(86)50-53-76(54-51-72(87)82-63-32-29-26-23-20-17-14-11-8-5-2,55-52-73(88)83-64-33-30-27-24-21-18-15-12-9-6-3)84-74(89)69-46-42-67(43-47-69)40-38-65-34-36-66(37-35-65)39-41-68-44-48-70(49-45-68)75(90)85-77(56-59-78,57-60-79)58-61-80/h34-37,42-49H,4-33,50-64,78-80H2,1-3H3,(H,81,86)(H,82,87)(H,83,88)(H,84,89)(H,85,90)/p+3. The Morgan fingerprint density at radius 1 is 0.311 bits per heavy atom. The molecule has 5 amide bonds. The SMILES string of the molecule is CCCCCCCCCCCCNC(=O)CCC(CCC(=O)NCCCCCCCCCCCC)(CCC(=O)NCCCCCCCCCCCC)NC(=O)c1ccc(C#Cc2ccc(C#Cc3ccc(C(=O)NC(CC[NH3+])(CC[NH3+])CC[NH3+])cc3)cc2)cc1. The molecule has 0 spiro atoms. The second-order valence-corrected chi connectivity index (χ2v) is 25.6. The Bertz CT molecular complexity index is 2410. The molecule has 3 aromatic carbocycles. The molecule has 90 heavy (non-hydrogen) atoms. The van der Waals surface area contributed by atoms with Gasteiger partial charge in [-0.1, -0.05) is 218 Å². The molecule has 0 fully saturated rings. The van der Waals surface area contributed by atoms with Crippen LogP contribution in [-0.2, 0) is 14.4 Å². The molecule has 0 saturated heterocycles. The molecule has 13 heteroatoms. The van der Waals surface area contributed by atoms with E-state index in [1.807, 2.05) is 60.7 Å². The van der Waals surface area contributed by atoms with Crippen LogP contribution >= 0.6 is 0 Å². The number of hydrogen-bond acceptors (Lipinski definition) is 5. The van der Waals surface area contributed by atoms with Crippen molar-refractivity contribution in [3.63, 3.8) is 0 Å². The monoisotopic (exact) mass is 1240 g/mol. The summed E-state index contributed by atoms with van der Waals surface area (Å²) in [7, 11) is 0. The summed E-state index contributed by atoms with van der Waals surface area (Å²) < 4.78 is 0. The smallest absolute Gasteiger partial charge is 0.251 e. The van der Waals surface area contributed by atoms with Crippen LogP contribution in [0.2, 0.25) is 0 Å². The van der Waals surface area contributed by atoms with Crippen molar-refractivity contribution in [1.82, 2.24) is 26.6 Å². The Morgan fingerprint density at radius 3 is 0.756 bits per heavy atom. The number of amides is 5. The average Bonchev–Trinajstić information content (AvgIpc) is 1.15. The van der Waals surface area contributed by atoms with E-state index in [1.165, 1.54) is 135 Å². The highest BCUT2D eigenvalue weighted by Crippen LogP contribution is 2.28. The van der Waals surface area contributed by atoms with Crippen LogP contribution in [0.15, 0.2) is 72.8 Å². The summed E-state index contributed by atoms with van der Waals surface area (Å²) in [6.45, 7) is 10.7. The summed E-state index contributed by atoms with van der Waals surface area (Å²) in [4.78, 5) is 68.6. The maximum atomic E-state index is 14.5. The fourth-order valence-electron chi connectivity index (χ4n) is 11.9. The van der Waals surface area contributed by atoms with E-state index < -0.39 is 5.54 Å². The Balaban J connectivity index is 1.74. The number of quaternary nitrogens is 3. The van der Waals surface area contributed by atoms with Crippen LogP contribution < -0.4 is 43.8 Å². The Hall–Kier alpha value is -5.99. The van der Waals surface area contributed by atoms with Crippen LogP contribution in [0.1, 0.15) is 314 Å². The van der Waals surface area contributed by atoms with Crippen LogP contribution in [0, 0.1) is 23.7 Å². The number of carbonyl (C=O) groups excluding carboxylic acids is 5. The molecule has 0 aromatic heterocycles. The van der Waals surface area contributed by atoms with Crippen molar-refractivity contribution in [1.29, 1.82) is 0 Å². The third-order valence-corrected chi connectivity index (χ3v) is 17.7. The van der Waals surface area contributed by atoms with Gasteiger partial charge in [-0.15, -0.1) is 0 Å². The van der Waals surface area contributed by atoms with Crippen molar-refractivity contribution in [2.75, 3.05) is 39.3 Å². The minimum absolute atomic E-state index is 0.0889. The van der Waals surface area contributed by atoms with Gasteiger partial charge in [0, 0.05) is 97.1 Å². The first-order valence-electron chi connectivity index (χ1n) is 36.1. The van der Waals surface area contributed by atoms with Crippen LogP contribution in [0.25, 0.3) is 0 Å². The minimum Gasteiger partial charge on any atom is -0.357 e. The predicted octanol–water partition coefficient (Wildman–Crippen LogP) is 12.8. The summed E-state index contributed by atoms with van der Waals surface area (Å²) in [6.07, 6.45) is 40.2. The van der Waals surface area contributed by atoms with E-state index in [9.17, 15) is 24.0 Å². The van der Waals surface area contributed by atoms with Gasteiger partial charge in [-0.2, -0.15) is 0 Å². The van der Waals surface area contributed by atoms with Gasteiger partial charge in [0.1, 0.15) is 0 Å². The summed E-state index contributed by atoms with van der Waals surface area (Å²) in [5.41, 5.74) is 14.9. The second-order valence-electron chi connectivity index (χ2n) is 25.6. The van der Waals surface area contributed by atoms with Crippen molar-refractivity contribution < 1.29 is 41.2 Å². The molecular formula is C77H125N8O5+3. The highest BCUT2D eigenvalue weighted by atomic mass is 16.2. The molecule has 13 nitrogen and oxygen atoms in total. The van der Waals surface area contributed by atoms with Gasteiger partial charge in [0.15, 0.2) is 0 Å². The molecule has 0 aliphatic heterocycles. The van der Waals surface area contributed by atoms with Crippen molar-refractivity contribution in [2.45, 2.75) is 282 Å². The summed E-state index contributed by atoms with van der Waals surface area (Å²) >= 11 is 0. The lowest BCUT2D eigenvalue weighted by atomic mass is 9.82. The van der Waals surface area contributed by atoms with Crippen LogP contribution in [0.3, 0.4) is 0 Å². The normalized spacial score (nSPS) is 11.3. The maximum Gasteiger partial charge on any atom is 0.251 e. The highest BCUT2D eigenvalue weighted by molar-refractivity contribution is 5.95. The lowest BCUT2D eigenvalue weighted by Gasteiger charge is -2.35. The zero-order valence-corrected chi connectivity index (χ0v) is 56.9. The van der Waals surface area contributed by atoms with E-state index in [0.29, 0.717) is 30.8 Å². The number of carbonyl (C=O) groups is 5. The van der Waals surface area contributed by atoms with E-state index in [-0.39, 0.29) is 73.6 Å².